The van der Waals surface area contributed by atoms with Crippen molar-refractivity contribution in [2.45, 2.75) is 51.3 Å². The number of nitrogens with one attached hydrogen (secondary N) is 1. The van der Waals surface area contributed by atoms with Crippen molar-refractivity contribution >= 4 is 37.1 Å². The predicted molar refractivity (Wildman–Crippen MR) is 128 cm³/mol. The van der Waals surface area contributed by atoms with Crippen LogP contribution in [0.5, 0.6) is 5.75 Å². The normalized spacial score (nSPS) is 21.6. The number of halogens is 1. The molecule has 6 nitrogen and oxygen atoms in total. The molecule has 2 heterocycles. The van der Waals surface area contributed by atoms with E-state index in [0.717, 1.165) is 10.9 Å². The first-order valence-corrected chi connectivity index (χ1v) is 13.2. The van der Waals surface area contributed by atoms with Crippen molar-refractivity contribution in [1.29, 1.82) is 0 Å². The van der Waals surface area contributed by atoms with Gasteiger partial charge in [-0.15, -0.1) is 11.3 Å². The summed E-state index contributed by atoms with van der Waals surface area (Å²) in [5.41, 5.74) is 0.645. The summed E-state index contributed by atoms with van der Waals surface area (Å²) >= 11 is 1.37. The Morgan fingerprint density at radius 1 is 1.25 bits per heavy atom. The maximum atomic E-state index is 14.2. The van der Waals surface area contributed by atoms with Crippen LogP contribution in [-0.4, -0.2) is 30.5 Å². The number of hydrogen-bond donors (Lipinski definition) is 1. The van der Waals surface area contributed by atoms with Crippen LogP contribution in [0.3, 0.4) is 0 Å². The molecular weight excluding hydrogens is 451 g/mol. The number of benzene rings is 1. The van der Waals surface area contributed by atoms with Gasteiger partial charge in [0.15, 0.2) is 0 Å². The molecule has 1 aromatic carbocycles. The van der Waals surface area contributed by atoms with Crippen molar-refractivity contribution in [3.8, 4) is 16.9 Å². The number of sulfonamides is 1. The maximum absolute atomic E-state index is 14.2. The van der Waals surface area contributed by atoms with Crippen molar-refractivity contribution in [3.63, 3.8) is 0 Å². The van der Waals surface area contributed by atoms with Crippen molar-refractivity contribution in [2.75, 3.05) is 10.5 Å². The molecule has 0 aliphatic heterocycles. The first-order valence-electron chi connectivity index (χ1n) is 10.7. The van der Waals surface area contributed by atoms with E-state index in [1.165, 1.54) is 15.9 Å². The largest absolute Gasteiger partial charge is 0.490 e. The van der Waals surface area contributed by atoms with Crippen molar-refractivity contribution in [3.05, 3.63) is 46.2 Å². The van der Waals surface area contributed by atoms with E-state index in [0.29, 0.717) is 47.4 Å². The first kappa shape index (κ1) is 22.8. The molecule has 2 aromatic heterocycles. The zero-order valence-corrected chi connectivity index (χ0v) is 20.0. The summed E-state index contributed by atoms with van der Waals surface area (Å²) in [5.74, 6) is 0.544. The number of nitrogens with zero attached hydrogens (tertiary/aromatic N) is 1. The molecule has 172 valence electrons. The van der Waals surface area contributed by atoms with Gasteiger partial charge >= 0.3 is 0 Å². The van der Waals surface area contributed by atoms with Gasteiger partial charge in [0.05, 0.1) is 11.9 Å². The molecule has 0 saturated heterocycles. The molecule has 3 aromatic rings. The molecule has 0 radical (unpaired) electrons. The Bertz CT molecular complexity index is 1300. The Hall–Kier alpha value is -2.39. The Kier molecular flexibility index (Phi) is 6.06. The van der Waals surface area contributed by atoms with E-state index in [1.807, 2.05) is 11.4 Å². The average Bonchev–Trinajstić information content (AvgIpc) is 3.23. The van der Waals surface area contributed by atoms with Crippen molar-refractivity contribution < 1.29 is 17.5 Å². The number of aromatic nitrogens is 1. The molecule has 32 heavy (non-hydrogen) atoms. The second-order valence-corrected chi connectivity index (χ2v) is 11.5. The molecule has 9 heteroatoms. The lowest BCUT2D eigenvalue weighted by atomic mass is 9.86. The highest BCUT2D eigenvalue weighted by Gasteiger charge is 2.32. The van der Waals surface area contributed by atoms with Crippen LogP contribution < -0.4 is 15.0 Å². The first-order chi connectivity index (χ1) is 15.1. The lowest BCUT2D eigenvalue weighted by Gasteiger charge is -2.32. The molecule has 1 aliphatic rings. The topological polar surface area (TPSA) is 77.4 Å². The van der Waals surface area contributed by atoms with Gasteiger partial charge in [-0.2, -0.15) is 0 Å². The number of alkyl halides is 1. The highest BCUT2D eigenvalue weighted by Crippen LogP contribution is 2.40. The Morgan fingerprint density at radius 2 is 1.97 bits per heavy atom. The predicted octanol–water partition coefficient (Wildman–Crippen LogP) is 5.08. The van der Waals surface area contributed by atoms with E-state index in [-0.39, 0.29) is 17.4 Å². The molecule has 1 fully saturated rings. The van der Waals surface area contributed by atoms with Gasteiger partial charge in [0.1, 0.15) is 16.1 Å². The van der Waals surface area contributed by atoms with Gasteiger partial charge in [-0.05, 0) is 69.2 Å². The molecule has 0 bridgehead atoms. The van der Waals surface area contributed by atoms with Crippen LogP contribution in [0, 0.1) is 0 Å². The van der Waals surface area contributed by atoms with Gasteiger partial charge in [-0.1, -0.05) is 0 Å². The Labute approximate surface area is 191 Å². The number of ether oxygens (including phenoxy) is 1. The minimum Gasteiger partial charge on any atom is -0.490 e. The molecule has 0 atom stereocenters. The second kappa shape index (κ2) is 8.51. The van der Waals surface area contributed by atoms with Crippen LogP contribution >= 0.6 is 11.3 Å². The average molecular weight is 479 g/mol. The minimum absolute atomic E-state index is 0.0424. The summed E-state index contributed by atoms with van der Waals surface area (Å²) in [7, 11) is -1.76. The van der Waals surface area contributed by atoms with Gasteiger partial charge < -0.3 is 9.30 Å². The van der Waals surface area contributed by atoms with Crippen LogP contribution in [-0.2, 0) is 17.1 Å². The monoisotopic (exact) mass is 478 g/mol. The number of hydrogen-bond acceptors (Lipinski definition) is 5. The molecule has 0 amide bonds. The zero-order valence-electron chi connectivity index (χ0n) is 18.4. The molecule has 0 spiro atoms. The number of anilines is 1. The summed E-state index contributed by atoms with van der Waals surface area (Å²) in [5, 5.41) is 2.65. The van der Waals surface area contributed by atoms with E-state index >= 15 is 0 Å². The van der Waals surface area contributed by atoms with Crippen molar-refractivity contribution in [1.82, 2.24) is 4.57 Å². The molecule has 1 saturated carbocycles. The van der Waals surface area contributed by atoms with Crippen LogP contribution in [0.25, 0.3) is 21.2 Å². The molecule has 4 rings (SSSR count). The molecule has 1 aliphatic carbocycles. The van der Waals surface area contributed by atoms with Gasteiger partial charge in [-0.3, -0.25) is 9.52 Å². The maximum Gasteiger partial charge on any atom is 0.268 e. The number of rotatable bonds is 6. The summed E-state index contributed by atoms with van der Waals surface area (Å²) in [6, 6.07) is 7.04. The smallest absolute Gasteiger partial charge is 0.268 e. The lowest BCUT2D eigenvalue weighted by Crippen LogP contribution is -2.31. The zero-order chi connectivity index (χ0) is 23.1. The van der Waals surface area contributed by atoms with Gasteiger partial charge in [0, 0.05) is 35.4 Å². The fourth-order valence-corrected chi connectivity index (χ4v) is 5.55. The fourth-order valence-electron chi connectivity index (χ4n) is 4.03. The van der Waals surface area contributed by atoms with Crippen molar-refractivity contribution in [2.24, 2.45) is 7.05 Å². The van der Waals surface area contributed by atoms with Crippen LogP contribution in [0.2, 0.25) is 0 Å². The van der Waals surface area contributed by atoms with Crippen LogP contribution in [0.15, 0.2) is 40.6 Å². The lowest BCUT2D eigenvalue weighted by molar-refractivity contribution is 0.0582. The van der Waals surface area contributed by atoms with Crippen LogP contribution in [0.1, 0.15) is 39.5 Å². The molecule has 1 N–H and O–H groups in total. The third-order valence-corrected chi connectivity index (χ3v) is 8.19. The van der Waals surface area contributed by atoms with Gasteiger partial charge in [0.25, 0.3) is 5.56 Å². The van der Waals surface area contributed by atoms with Crippen LogP contribution in [0.4, 0.5) is 10.1 Å². The quantitative estimate of drug-likeness (QED) is 0.536. The van der Waals surface area contributed by atoms with E-state index in [1.54, 1.807) is 45.3 Å². The minimum atomic E-state index is -3.46. The summed E-state index contributed by atoms with van der Waals surface area (Å²) in [6.45, 7) is 3.20. The van der Waals surface area contributed by atoms with E-state index in [2.05, 4.69) is 4.72 Å². The van der Waals surface area contributed by atoms with E-state index in [4.69, 9.17) is 4.74 Å². The Morgan fingerprint density at radius 3 is 2.66 bits per heavy atom. The number of fused-ring (bicyclic) bond motifs is 1. The third-order valence-electron chi connectivity index (χ3n) is 5.98. The third kappa shape index (κ3) is 4.68. The summed E-state index contributed by atoms with van der Waals surface area (Å²) in [4.78, 5) is 12.5. The van der Waals surface area contributed by atoms with E-state index < -0.39 is 15.7 Å². The standard InChI is InChI=1S/C23H27FN2O4S2/c1-4-32(28,29)25-15-5-6-20(30-16-7-10-23(2,24)11-8-16)18(13-15)19-14-26(3)22(27)21-17(19)9-12-31-21/h5-6,9,12-14,16,25H,4,7-8,10-11H2,1-3H3. The SMILES string of the molecule is CCS(=O)(=O)Nc1ccc(OC2CCC(C)(F)CC2)c(-c2cn(C)c(=O)c3sccc23)c1. The number of thiophene rings is 1. The van der Waals surface area contributed by atoms with E-state index in [9.17, 15) is 17.6 Å². The Balaban J connectivity index is 1.80. The number of pyridine rings is 1. The second-order valence-electron chi connectivity index (χ2n) is 8.57. The molecule has 0 unspecified atom stereocenters. The fraction of sp³-hybridized carbons (Fsp3) is 0.435. The highest BCUT2D eigenvalue weighted by molar-refractivity contribution is 7.92. The van der Waals surface area contributed by atoms with Gasteiger partial charge in [0.2, 0.25) is 10.0 Å². The highest BCUT2D eigenvalue weighted by atomic mass is 32.2. The molecular formula is C23H27FN2O4S2. The summed E-state index contributed by atoms with van der Waals surface area (Å²) < 4.78 is 49.5. The summed E-state index contributed by atoms with van der Waals surface area (Å²) in [6.07, 6.45) is 3.72. The van der Waals surface area contributed by atoms with Gasteiger partial charge in [-0.25, -0.2) is 12.8 Å². The number of aryl methyl sites for hydroxylation is 1.